The van der Waals surface area contributed by atoms with Crippen LogP contribution in [0.2, 0.25) is 0 Å². The number of likely N-dealkylation sites (tertiary alicyclic amines) is 1. The summed E-state index contributed by atoms with van der Waals surface area (Å²) in [6.45, 7) is 7.31. The molecule has 4 rings (SSSR count). The first-order valence-electron chi connectivity index (χ1n) is 9.87. The lowest BCUT2D eigenvalue weighted by Crippen LogP contribution is -2.36. The van der Waals surface area contributed by atoms with Crippen LogP contribution >= 0.6 is 0 Å². The Hall–Kier alpha value is -1.96. The van der Waals surface area contributed by atoms with E-state index in [4.69, 9.17) is 4.74 Å². The number of aromatic hydroxyl groups is 1. The lowest BCUT2D eigenvalue weighted by Gasteiger charge is -2.32. The molecule has 1 unspecified atom stereocenters. The first-order chi connectivity index (χ1) is 13.2. The fourth-order valence-electron chi connectivity index (χ4n) is 4.15. The van der Waals surface area contributed by atoms with E-state index >= 15 is 0 Å². The van der Waals surface area contributed by atoms with Crippen LogP contribution in [0.5, 0.6) is 5.75 Å². The van der Waals surface area contributed by atoms with E-state index in [1.807, 2.05) is 12.1 Å². The molecule has 7 nitrogen and oxygen atoms in total. The molecule has 0 saturated carbocycles. The van der Waals surface area contributed by atoms with Crippen LogP contribution in [0.25, 0.3) is 0 Å². The van der Waals surface area contributed by atoms with Crippen LogP contribution in [0.3, 0.4) is 0 Å². The van der Waals surface area contributed by atoms with Crippen molar-refractivity contribution in [1.82, 2.24) is 24.6 Å². The van der Waals surface area contributed by atoms with Crippen LogP contribution in [0.4, 0.5) is 0 Å². The Labute approximate surface area is 160 Å². The molecule has 0 radical (unpaired) electrons. The van der Waals surface area contributed by atoms with Gasteiger partial charge in [-0.25, -0.2) is 0 Å². The predicted molar refractivity (Wildman–Crippen MR) is 102 cm³/mol. The Morgan fingerprint density at radius 2 is 1.96 bits per heavy atom. The molecule has 1 atom stereocenters. The summed E-state index contributed by atoms with van der Waals surface area (Å²) in [5.41, 5.74) is 1.15. The molecule has 0 spiro atoms. The third-order valence-corrected chi connectivity index (χ3v) is 5.65. The molecular weight excluding hydrogens is 342 g/mol. The van der Waals surface area contributed by atoms with Gasteiger partial charge < -0.3 is 14.4 Å². The monoisotopic (exact) mass is 371 g/mol. The smallest absolute Gasteiger partial charge is 0.146 e. The molecule has 0 aliphatic carbocycles. The molecule has 2 aromatic rings. The summed E-state index contributed by atoms with van der Waals surface area (Å²) in [6.07, 6.45) is 2.31. The fourth-order valence-corrected chi connectivity index (χ4v) is 4.15. The lowest BCUT2D eigenvalue weighted by molar-refractivity contribution is 0.0326. The van der Waals surface area contributed by atoms with Gasteiger partial charge in [0.1, 0.15) is 17.4 Å². The molecule has 1 aromatic heterocycles. The molecule has 2 aliphatic heterocycles. The summed E-state index contributed by atoms with van der Waals surface area (Å²) in [4.78, 5) is 4.84. The second kappa shape index (κ2) is 8.37. The van der Waals surface area contributed by atoms with Crippen LogP contribution < -0.4 is 0 Å². The summed E-state index contributed by atoms with van der Waals surface area (Å²) in [6, 6.07) is 7.56. The van der Waals surface area contributed by atoms with E-state index in [0.29, 0.717) is 11.7 Å². The van der Waals surface area contributed by atoms with E-state index in [9.17, 15) is 5.11 Å². The molecule has 1 aromatic carbocycles. The van der Waals surface area contributed by atoms with Crippen molar-refractivity contribution >= 4 is 0 Å². The first kappa shape index (κ1) is 18.4. The summed E-state index contributed by atoms with van der Waals surface area (Å²) in [5.74, 6) is 2.88. The Bertz CT molecular complexity index is 757. The number of nitrogens with zero attached hydrogens (tertiary/aromatic N) is 5. The number of hydrogen-bond donors (Lipinski definition) is 1. The van der Waals surface area contributed by atoms with E-state index in [0.717, 1.165) is 82.5 Å². The Morgan fingerprint density at radius 1 is 1.11 bits per heavy atom. The van der Waals surface area contributed by atoms with Gasteiger partial charge in [-0.3, -0.25) is 9.80 Å². The number of phenols is 1. The number of benzene rings is 1. The van der Waals surface area contributed by atoms with Crippen molar-refractivity contribution in [1.29, 1.82) is 0 Å². The van der Waals surface area contributed by atoms with Crippen molar-refractivity contribution in [2.75, 3.05) is 39.4 Å². The van der Waals surface area contributed by atoms with Gasteiger partial charge in [0.15, 0.2) is 0 Å². The summed E-state index contributed by atoms with van der Waals surface area (Å²) in [7, 11) is 2.10. The maximum absolute atomic E-state index is 9.69. The summed E-state index contributed by atoms with van der Waals surface area (Å²) in [5, 5.41) is 18.7. The highest BCUT2D eigenvalue weighted by Crippen LogP contribution is 2.27. The first-order valence-corrected chi connectivity index (χ1v) is 9.87. The van der Waals surface area contributed by atoms with E-state index in [1.165, 1.54) is 0 Å². The second-order valence-electron chi connectivity index (χ2n) is 7.67. The average molecular weight is 371 g/mol. The van der Waals surface area contributed by atoms with Crippen LogP contribution in [-0.4, -0.2) is 69.1 Å². The Kier molecular flexibility index (Phi) is 5.71. The van der Waals surface area contributed by atoms with Gasteiger partial charge in [0.2, 0.25) is 0 Å². The zero-order valence-corrected chi connectivity index (χ0v) is 16.0. The Balaban J connectivity index is 1.40. The number of piperidine rings is 1. The van der Waals surface area contributed by atoms with Crippen LogP contribution in [0.1, 0.15) is 36.0 Å². The lowest BCUT2D eigenvalue weighted by atomic mass is 9.96. The van der Waals surface area contributed by atoms with Gasteiger partial charge in [0, 0.05) is 39.1 Å². The maximum atomic E-state index is 9.69. The molecule has 27 heavy (non-hydrogen) atoms. The molecule has 3 heterocycles. The SMILES string of the molecule is Cn1c(CN2CCOCC2)nnc1C1CCCN(Cc2cccc(O)c2)C1. The third-order valence-electron chi connectivity index (χ3n) is 5.65. The quantitative estimate of drug-likeness (QED) is 0.864. The number of phenolic OH excluding ortho intramolecular Hbond substituents is 1. The number of rotatable bonds is 5. The van der Waals surface area contributed by atoms with E-state index in [1.54, 1.807) is 6.07 Å². The van der Waals surface area contributed by atoms with E-state index < -0.39 is 0 Å². The van der Waals surface area contributed by atoms with Crippen molar-refractivity contribution in [3.63, 3.8) is 0 Å². The van der Waals surface area contributed by atoms with Gasteiger partial charge in [-0.05, 0) is 37.1 Å². The highest BCUT2D eigenvalue weighted by Gasteiger charge is 2.26. The molecule has 7 heteroatoms. The summed E-state index contributed by atoms with van der Waals surface area (Å²) < 4.78 is 7.62. The molecule has 146 valence electrons. The molecule has 0 amide bonds. The molecule has 0 bridgehead atoms. The Morgan fingerprint density at radius 3 is 2.78 bits per heavy atom. The fraction of sp³-hybridized carbons (Fsp3) is 0.600. The molecule has 2 aliphatic rings. The highest BCUT2D eigenvalue weighted by atomic mass is 16.5. The number of ether oxygens (including phenoxy) is 1. The number of hydrogen-bond acceptors (Lipinski definition) is 6. The van der Waals surface area contributed by atoms with Gasteiger partial charge in [0.05, 0.1) is 19.8 Å². The van der Waals surface area contributed by atoms with Crippen molar-refractivity contribution in [2.45, 2.75) is 31.8 Å². The number of aromatic nitrogens is 3. The standard InChI is InChI=1S/C20H29N5O2/c1-23-19(15-24-8-10-27-11-9-24)21-22-20(23)17-5-3-7-25(14-17)13-16-4-2-6-18(26)12-16/h2,4,6,12,17,26H,3,5,7-11,13-15H2,1H3. The van der Waals surface area contributed by atoms with Crippen LogP contribution in [0, 0.1) is 0 Å². The van der Waals surface area contributed by atoms with Gasteiger partial charge in [-0.2, -0.15) is 0 Å². The minimum absolute atomic E-state index is 0.335. The van der Waals surface area contributed by atoms with E-state index in [-0.39, 0.29) is 0 Å². The van der Waals surface area contributed by atoms with Crippen LogP contribution in [-0.2, 0) is 24.9 Å². The van der Waals surface area contributed by atoms with Crippen molar-refractivity contribution < 1.29 is 9.84 Å². The van der Waals surface area contributed by atoms with Crippen molar-refractivity contribution in [3.05, 3.63) is 41.5 Å². The van der Waals surface area contributed by atoms with Gasteiger partial charge in [0.25, 0.3) is 0 Å². The van der Waals surface area contributed by atoms with Crippen molar-refractivity contribution in [3.8, 4) is 5.75 Å². The largest absolute Gasteiger partial charge is 0.508 e. The second-order valence-corrected chi connectivity index (χ2v) is 7.67. The molecule has 2 fully saturated rings. The maximum Gasteiger partial charge on any atom is 0.146 e. The minimum atomic E-state index is 0.335. The zero-order valence-electron chi connectivity index (χ0n) is 16.0. The third kappa shape index (κ3) is 4.48. The highest BCUT2D eigenvalue weighted by molar-refractivity contribution is 5.27. The van der Waals surface area contributed by atoms with Gasteiger partial charge in [-0.1, -0.05) is 12.1 Å². The normalized spacial score (nSPS) is 22.2. The predicted octanol–water partition coefficient (Wildman–Crippen LogP) is 1.73. The molecule has 1 N–H and O–H groups in total. The van der Waals surface area contributed by atoms with Crippen LogP contribution in [0.15, 0.2) is 24.3 Å². The summed E-state index contributed by atoms with van der Waals surface area (Å²) >= 11 is 0. The number of morpholine rings is 1. The van der Waals surface area contributed by atoms with Gasteiger partial charge >= 0.3 is 0 Å². The molecular formula is C20H29N5O2. The average Bonchev–Trinajstić information content (AvgIpc) is 3.03. The van der Waals surface area contributed by atoms with E-state index in [2.05, 4.69) is 37.7 Å². The zero-order chi connectivity index (χ0) is 18.6. The minimum Gasteiger partial charge on any atom is -0.508 e. The topological polar surface area (TPSA) is 66.7 Å². The van der Waals surface area contributed by atoms with Crippen molar-refractivity contribution in [2.24, 2.45) is 7.05 Å². The van der Waals surface area contributed by atoms with Gasteiger partial charge in [-0.15, -0.1) is 10.2 Å². The molecule has 2 saturated heterocycles.